The van der Waals surface area contributed by atoms with Crippen LogP contribution in [0.3, 0.4) is 0 Å². The number of para-hydroxylation sites is 1. The largest absolute Gasteiger partial charge is 0.456 e. The highest BCUT2D eigenvalue weighted by Gasteiger charge is 2.22. The summed E-state index contributed by atoms with van der Waals surface area (Å²) < 4.78 is 36.9. The number of carbonyl (C=O) groups excluding carboxylic acids is 2. The molecule has 1 aliphatic rings. The van der Waals surface area contributed by atoms with E-state index in [1.54, 1.807) is 12.1 Å². The van der Waals surface area contributed by atoms with Crippen LogP contribution in [0.4, 0.5) is 5.69 Å². The minimum atomic E-state index is -4.11. The van der Waals surface area contributed by atoms with Crippen LogP contribution in [0, 0.1) is 0 Å². The predicted molar refractivity (Wildman–Crippen MR) is 186 cm³/mol. The highest BCUT2D eigenvalue weighted by molar-refractivity contribution is 7.85. The van der Waals surface area contributed by atoms with Crippen LogP contribution in [0.1, 0.15) is 71.5 Å². The lowest BCUT2D eigenvalue weighted by molar-refractivity contribution is -0.117. The predicted octanol–water partition coefficient (Wildman–Crippen LogP) is 8.87. The maximum atomic E-state index is 13.9. The van der Waals surface area contributed by atoms with E-state index in [2.05, 4.69) is 23.5 Å². The first-order valence-electron chi connectivity index (χ1n) is 16.0. The fourth-order valence-corrected chi connectivity index (χ4v) is 6.59. The smallest absolute Gasteiger partial charge is 0.264 e. The standard InChI is InChI=1S/C39H37NO6S/c41-36(10-6-24-47(43,44)45)31-14-12-27(13-15-31)25-35(30-18-16-29(17-19-30)28-7-2-1-3-8-28)39(42)40-34-22-20-32(21-23-34)38-26-33-9-4-5-11-37(33)46-38/h4-5,7,9,11-23,26,35H,1-3,6,8,10,24-25H2,(H,40,42)(H,43,44,45). The van der Waals surface area contributed by atoms with Gasteiger partial charge in [0.05, 0.1) is 11.7 Å². The third kappa shape index (κ3) is 8.33. The van der Waals surface area contributed by atoms with Crippen molar-refractivity contribution in [1.82, 2.24) is 0 Å². The summed E-state index contributed by atoms with van der Waals surface area (Å²) in [6, 6.07) is 32.8. The maximum absolute atomic E-state index is 13.9. The molecule has 0 saturated heterocycles. The van der Waals surface area contributed by atoms with Gasteiger partial charge < -0.3 is 9.73 Å². The van der Waals surface area contributed by atoms with Crippen LogP contribution < -0.4 is 5.32 Å². The van der Waals surface area contributed by atoms with E-state index in [-0.39, 0.29) is 24.5 Å². The van der Waals surface area contributed by atoms with Crippen LogP contribution in [0.15, 0.2) is 114 Å². The number of ketones is 1. The van der Waals surface area contributed by atoms with Gasteiger partial charge in [0.2, 0.25) is 5.91 Å². The number of hydrogen-bond acceptors (Lipinski definition) is 5. The zero-order valence-corrected chi connectivity index (χ0v) is 26.8. The Morgan fingerprint density at radius 2 is 1.57 bits per heavy atom. The van der Waals surface area contributed by atoms with Gasteiger partial charge in [-0.2, -0.15) is 8.42 Å². The number of amides is 1. The van der Waals surface area contributed by atoms with Crippen molar-refractivity contribution in [3.8, 4) is 11.3 Å². The zero-order valence-electron chi connectivity index (χ0n) is 26.0. The topological polar surface area (TPSA) is 114 Å². The molecule has 47 heavy (non-hydrogen) atoms. The summed E-state index contributed by atoms with van der Waals surface area (Å²) in [6.07, 6.45) is 7.36. The number of rotatable bonds is 12. The maximum Gasteiger partial charge on any atom is 0.264 e. The minimum Gasteiger partial charge on any atom is -0.456 e. The number of allylic oxidation sites excluding steroid dienone is 2. The molecule has 240 valence electrons. The quantitative estimate of drug-likeness (QED) is 0.103. The Kier molecular flexibility index (Phi) is 9.80. The average Bonchev–Trinajstić information content (AvgIpc) is 3.52. The van der Waals surface area contributed by atoms with Crippen molar-refractivity contribution in [3.05, 3.63) is 131 Å². The molecule has 0 fully saturated rings. The number of nitrogens with one attached hydrogen (secondary N) is 1. The molecule has 1 unspecified atom stereocenters. The van der Waals surface area contributed by atoms with Crippen molar-refractivity contribution >= 4 is 44.0 Å². The Hall–Kier alpha value is -4.79. The number of carbonyl (C=O) groups is 2. The van der Waals surface area contributed by atoms with Crippen molar-refractivity contribution < 1.29 is 27.0 Å². The Morgan fingerprint density at radius 3 is 2.26 bits per heavy atom. The minimum absolute atomic E-state index is 0.0160. The Bertz CT molecular complexity index is 1970. The molecule has 0 bridgehead atoms. The lowest BCUT2D eigenvalue weighted by Gasteiger charge is -2.19. The molecule has 1 atom stereocenters. The Morgan fingerprint density at radius 1 is 0.851 bits per heavy atom. The van der Waals surface area contributed by atoms with Crippen molar-refractivity contribution in [2.45, 2.75) is 50.9 Å². The summed E-state index contributed by atoms with van der Waals surface area (Å²) in [5.74, 6) is -0.525. The molecule has 1 heterocycles. The lowest BCUT2D eigenvalue weighted by Crippen LogP contribution is -2.23. The van der Waals surface area contributed by atoms with Crippen LogP contribution in [-0.4, -0.2) is 30.4 Å². The molecule has 6 rings (SSSR count). The second kappa shape index (κ2) is 14.3. The number of furan rings is 1. The molecule has 8 heteroatoms. The molecule has 4 aromatic carbocycles. The molecule has 0 aliphatic heterocycles. The SMILES string of the molecule is O=C(CCCS(=O)(=O)O)c1ccc(CC(C(=O)Nc2ccc(-c3cc4ccccc4o3)cc2)c2ccc(C3=CCCCC3)cc2)cc1. The van der Waals surface area contributed by atoms with E-state index < -0.39 is 21.8 Å². The van der Waals surface area contributed by atoms with Gasteiger partial charge in [0, 0.05) is 28.6 Å². The molecule has 0 spiro atoms. The van der Waals surface area contributed by atoms with Gasteiger partial charge in [0.1, 0.15) is 11.3 Å². The monoisotopic (exact) mass is 647 g/mol. The van der Waals surface area contributed by atoms with Gasteiger partial charge in [-0.05, 0) is 97.2 Å². The highest BCUT2D eigenvalue weighted by atomic mass is 32.2. The Balaban J connectivity index is 1.19. The van der Waals surface area contributed by atoms with E-state index in [9.17, 15) is 18.0 Å². The van der Waals surface area contributed by atoms with Crippen LogP contribution in [0.5, 0.6) is 0 Å². The van der Waals surface area contributed by atoms with Gasteiger partial charge in [-0.25, -0.2) is 0 Å². The van der Waals surface area contributed by atoms with E-state index in [0.717, 1.165) is 46.3 Å². The summed E-state index contributed by atoms with van der Waals surface area (Å²) in [6.45, 7) is 0. The van der Waals surface area contributed by atoms with Gasteiger partial charge in [0.15, 0.2) is 5.78 Å². The van der Waals surface area contributed by atoms with E-state index >= 15 is 0 Å². The van der Waals surface area contributed by atoms with E-state index in [0.29, 0.717) is 17.7 Å². The van der Waals surface area contributed by atoms with Gasteiger partial charge in [-0.1, -0.05) is 72.8 Å². The summed E-state index contributed by atoms with van der Waals surface area (Å²) in [5, 5.41) is 4.13. The second-order valence-electron chi connectivity index (χ2n) is 12.1. The molecular weight excluding hydrogens is 610 g/mol. The van der Waals surface area contributed by atoms with Crippen molar-refractivity contribution in [3.63, 3.8) is 0 Å². The molecule has 1 aliphatic carbocycles. The fourth-order valence-electron chi connectivity index (χ4n) is 6.08. The summed E-state index contributed by atoms with van der Waals surface area (Å²) in [4.78, 5) is 26.5. The van der Waals surface area contributed by atoms with E-state index in [4.69, 9.17) is 8.97 Å². The first-order chi connectivity index (χ1) is 22.7. The summed E-state index contributed by atoms with van der Waals surface area (Å²) in [7, 11) is -4.11. The third-order valence-electron chi connectivity index (χ3n) is 8.68. The van der Waals surface area contributed by atoms with Crippen LogP contribution in [0.25, 0.3) is 27.9 Å². The van der Waals surface area contributed by atoms with E-state index in [1.165, 1.54) is 24.0 Å². The molecule has 1 amide bonds. The molecule has 0 saturated carbocycles. The fraction of sp³-hybridized carbons (Fsp3) is 0.231. The van der Waals surface area contributed by atoms with Crippen molar-refractivity contribution in [2.24, 2.45) is 0 Å². The van der Waals surface area contributed by atoms with Gasteiger partial charge >= 0.3 is 0 Å². The van der Waals surface area contributed by atoms with Crippen LogP contribution >= 0.6 is 0 Å². The number of benzene rings is 4. The molecule has 7 nitrogen and oxygen atoms in total. The van der Waals surface area contributed by atoms with Gasteiger partial charge in [-0.3, -0.25) is 14.1 Å². The molecule has 2 N–H and O–H groups in total. The highest BCUT2D eigenvalue weighted by Crippen LogP contribution is 2.31. The van der Waals surface area contributed by atoms with Gasteiger partial charge in [-0.15, -0.1) is 0 Å². The molecule has 5 aromatic rings. The van der Waals surface area contributed by atoms with E-state index in [1.807, 2.05) is 78.9 Å². The number of hydrogen-bond donors (Lipinski definition) is 2. The number of Topliss-reactive ketones (excluding diaryl/α,β-unsaturated/α-hetero) is 1. The first kappa shape index (κ1) is 32.2. The Labute approximate surface area is 275 Å². The van der Waals surface area contributed by atoms with Crippen molar-refractivity contribution in [2.75, 3.05) is 11.1 Å². The van der Waals surface area contributed by atoms with Gasteiger partial charge in [0.25, 0.3) is 10.1 Å². The molecule has 1 aromatic heterocycles. The van der Waals surface area contributed by atoms with Crippen LogP contribution in [-0.2, 0) is 21.3 Å². The first-order valence-corrected chi connectivity index (χ1v) is 17.6. The lowest BCUT2D eigenvalue weighted by atomic mass is 9.88. The third-order valence-corrected chi connectivity index (χ3v) is 9.48. The molecular formula is C39H37NO6S. The normalized spacial score (nSPS) is 14.0. The molecule has 0 radical (unpaired) electrons. The van der Waals surface area contributed by atoms with Crippen molar-refractivity contribution in [1.29, 1.82) is 0 Å². The van der Waals surface area contributed by atoms with Crippen LogP contribution in [0.2, 0.25) is 0 Å². The second-order valence-corrected chi connectivity index (χ2v) is 13.7. The number of anilines is 1. The summed E-state index contributed by atoms with van der Waals surface area (Å²) >= 11 is 0. The average molecular weight is 648 g/mol. The summed E-state index contributed by atoms with van der Waals surface area (Å²) in [5.41, 5.74) is 7.19. The zero-order chi connectivity index (χ0) is 32.8. The number of fused-ring (bicyclic) bond motifs is 1.